The maximum Gasteiger partial charge on any atom is 0.255 e. The van der Waals surface area contributed by atoms with E-state index in [-0.39, 0.29) is 11.9 Å². The zero-order valence-corrected chi connectivity index (χ0v) is 13.6. The predicted molar refractivity (Wildman–Crippen MR) is 92.9 cm³/mol. The predicted octanol–water partition coefficient (Wildman–Crippen LogP) is 3.64. The first-order valence-electron chi connectivity index (χ1n) is 7.12. The molecule has 0 heterocycles. The van der Waals surface area contributed by atoms with E-state index in [2.05, 4.69) is 13.2 Å². The third-order valence-electron chi connectivity index (χ3n) is 3.85. The van der Waals surface area contributed by atoms with E-state index in [1.165, 1.54) is 0 Å². The summed E-state index contributed by atoms with van der Waals surface area (Å²) in [6.45, 7) is 2.11. The van der Waals surface area contributed by atoms with Crippen LogP contribution in [0.5, 0.6) is 0 Å². The van der Waals surface area contributed by atoms with Crippen LogP contribution in [0, 0.1) is 0 Å². The Labute approximate surface area is 130 Å². The van der Waals surface area contributed by atoms with Gasteiger partial charge in [-0.1, -0.05) is 31.2 Å². The van der Waals surface area contributed by atoms with Crippen LogP contribution in [0.2, 0.25) is 0 Å². The lowest BCUT2D eigenvalue weighted by Crippen LogP contribution is -2.38. The van der Waals surface area contributed by atoms with Crippen molar-refractivity contribution in [3.8, 4) is 0 Å². The Morgan fingerprint density at radius 1 is 1.29 bits per heavy atom. The van der Waals surface area contributed by atoms with E-state index in [0.29, 0.717) is 11.3 Å². The van der Waals surface area contributed by atoms with Crippen LogP contribution in [0.4, 0.5) is 5.69 Å². The number of amides is 1. The Balaban J connectivity index is 2.36. The Morgan fingerprint density at radius 3 is 2.48 bits per heavy atom. The Morgan fingerprint density at radius 2 is 1.90 bits per heavy atom. The van der Waals surface area contributed by atoms with Crippen molar-refractivity contribution in [2.75, 3.05) is 24.8 Å². The molecule has 0 saturated carbocycles. The van der Waals surface area contributed by atoms with E-state index in [9.17, 15) is 4.79 Å². The van der Waals surface area contributed by atoms with Crippen LogP contribution >= 0.6 is 11.8 Å². The molecule has 0 aromatic heterocycles. The molecule has 2 N–H and O–H groups in total. The molecular weight excluding hydrogens is 280 g/mol. The third kappa shape index (κ3) is 3.32. The molecule has 1 unspecified atom stereocenters. The average molecular weight is 302 g/mol. The monoisotopic (exact) mass is 302 g/mol. The number of carbonyl (C=O) groups is 1. The second-order valence-electron chi connectivity index (χ2n) is 5.22. The van der Waals surface area contributed by atoms with Crippen molar-refractivity contribution < 1.29 is 4.79 Å². The van der Waals surface area contributed by atoms with Gasteiger partial charge in [-0.2, -0.15) is 11.8 Å². The highest BCUT2D eigenvalue weighted by Gasteiger charge is 2.21. The molecule has 0 aliphatic heterocycles. The smallest absolute Gasteiger partial charge is 0.255 e. The lowest BCUT2D eigenvalue weighted by molar-refractivity contribution is 0.0745. The van der Waals surface area contributed by atoms with Crippen LogP contribution < -0.4 is 5.73 Å². The molecule has 0 bridgehead atoms. The van der Waals surface area contributed by atoms with Gasteiger partial charge in [0.2, 0.25) is 0 Å². The van der Waals surface area contributed by atoms with Crippen molar-refractivity contribution in [1.29, 1.82) is 0 Å². The number of thioether (sulfide) groups is 1. The van der Waals surface area contributed by atoms with Gasteiger partial charge in [-0.15, -0.1) is 0 Å². The largest absolute Gasteiger partial charge is 0.398 e. The zero-order chi connectivity index (χ0) is 15.4. The zero-order valence-electron chi connectivity index (χ0n) is 12.8. The number of nitrogens with zero attached hydrogens (tertiary/aromatic N) is 1. The van der Waals surface area contributed by atoms with Crippen LogP contribution in [0.25, 0.3) is 10.8 Å². The standard InChI is InChI=1S/C17H22N2OS/c1-4-14(11-21-3)19(2)17(20)15-9-12-7-5-6-8-13(12)10-16(15)18/h5-10,14H,4,11,18H2,1-3H3. The molecule has 2 aromatic carbocycles. The van der Waals surface area contributed by atoms with Gasteiger partial charge in [0.15, 0.2) is 0 Å². The molecule has 2 aromatic rings. The topological polar surface area (TPSA) is 46.3 Å². The summed E-state index contributed by atoms with van der Waals surface area (Å²) in [7, 11) is 1.86. The first-order chi connectivity index (χ1) is 10.1. The number of carbonyl (C=O) groups excluding carboxylic acids is 1. The van der Waals surface area contributed by atoms with Gasteiger partial charge >= 0.3 is 0 Å². The summed E-state index contributed by atoms with van der Waals surface area (Å²) in [6.07, 6.45) is 3.00. The minimum absolute atomic E-state index is 0.000784. The van der Waals surface area contributed by atoms with Crippen molar-refractivity contribution in [3.05, 3.63) is 42.0 Å². The van der Waals surface area contributed by atoms with Crippen LogP contribution in [0.3, 0.4) is 0 Å². The van der Waals surface area contributed by atoms with Crippen LogP contribution in [-0.4, -0.2) is 35.9 Å². The second kappa shape index (κ2) is 6.85. The van der Waals surface area contributed by atoms with Crippen molar-refractivity contribution in [1.82, 2.24) is 4.90 Å². The van der Waals surface area contributed by atoms with Gasteiger partial charge in [0.25, 0.3) is 5.91 Å². The number of anilines is 1. The molecule has 21 heavy (non-hydrogen) atoms. The molecule has 2 rings (SSSR count). The molecule has 0 aliphatic carbocycles. The Kier molecular flexibility index (Phi) is 5.12. The van der Waals surface area contributed by atoms with Gasteiger partial charge in [-0.3, -0.25) is 4.79 Å². The van der Waals surface area contributed by atoms with Gasteiger partial charge in [-0.25, -0.2) is 0 Å². The number of hydrogen-bond acceptors (Lipinski definition) is 3. The molecule has 112 valence electrons. The Bertz CT molecular complexity index is 642. The van der Waals surface area contributed by atoms with Crippen LogP contribution in [0.1, 0.15) is 23.7 Å². The summed E-state index contributed by atoms with van der Waals surface area (Å²) in [5, 5.41) is 2.10. The number of nitrogen functional groups attached to an aromatic ring is 1. The summed E-state index contributed by atoms with van der Waals surface area (Å²) < 4.78 is 0. The molecular formula is C17H22N2OS. The molecule has 4 heteroatoms. The lowest BCUT2D eigenvalue weighted by Gasteiger charge is -2.27. The van der Waals surface area contributed by atoms with Crippen molar-refractivity contribution in [3.63, 3.8) is 0 Å². The minimum Gasteiger partial charge on any atom is -0.398 e. The minimum atomic E-state index is -0.000784. The van der Waals surface area contributed by atoms with E-state index in [4.69, 9.17) is 5.73 Å². The molecule has 0 radical (unpaired) electrons. The van der Waals surface area contributed by atoms with E-state index >= 15 is 0 Å². The highest BCUT2D eigenvalue weighted by molar-refractivity contribution is 7.98. The van der Waals surface area contributed by atoms with Crippen molar-refractivity contribution in [2.45, 2.75) is 19.4 Å². The maximum atomic E-state index is 12.7. The highest BCUT2D eigenvalue weighted by Crippen LogP contribution is 2.24. The lowest BCUT2D eigenvalue weighted by atomic mass is 10.0. The summed E-state index contributed by atoms with van der Waals surface area (Å²) in [6, 6.07) is 12.0. The fraction of sp³-hybridized carbons (Fsp3) is 0.353. The second-order valence-corrected chi connectivity index (χ2v) is 6.13. The van der Waals surface area contributed by atoms with Gasteiger partial charge < -0.3 is 10.6 Å². The number of nitrogens with two attached hydrogens (primary N) is 1. The molecule has 1 atom stereocenters. The Hall–Kier alpha value is -1.68. The van der Waals surface area contributed by atoms with E-state index in [0.717, 1.165) is 22.9 Å². The summed E-state index contributed by atoms with van der Waals surface area (Å²) in [5.74, 6) is 0.936. The van der Waals surface area contributed by atoms with E-state index in [1.54, 1.807) is 11.8 Å². The number of rotatable bonds is 5. The first kappa shape index (κ1) is 15.7. The average Bonchev–Trinajstić information content (AvgIpc) is 2.50. The van der Waals surface area contributed by atoms with Crippen molar-refractivity contribution in [2.24, 2.45) is 0 Å². The number of fused-ring (bicyclic) bond motifs is 1. The third-order valence-corrected chi connectivity index (χ3v) is 4.56. The fourth-order valence-corrected chi connectivity index (χ4v) is 3.34. The van der Waals surface area contributed by atoms with E-state index in [1.807, 2.05) is 48.3 Å². The number of hydrogen-bond donors (Lipinski definition) is 1. The summed E-state index contributed by atoms with van der Waals surface area (Å²) in [4.78, 5) is 14.5. The van der Waals surface area contributed by atoms with Crippen LogP contribution in [0.15, 0.2) is 36.4 Å². The van der Waals surface area contributed by atoms with Crippen molar-refractivity contribution >= 4 is 34.1 Å². The molecule has 1 amide bonds. The quantitative estimate of drug-likeness (QED) is 0.858. The number of benzene rings is 2. The SMILES string of the molecule is CCC(CSC)N(C)C(=O)c1cc2ccccc2cc1N. The molecule has 0 aliphatic rings. The van der Waals surface area contributed by atoms with Crippen LogP contribution in [-0.2, 0) is 0 Å². The summed E-state index contributed by atoms with van der Waals surface area (Å²) >= 11 is 1.76. The maximum absolute atomic E-state index is 12.7. The van der Waals surface area contributed by atoms with Gasteiger partial charge in [0.1, 0.15) is 0 Å². The fourth-order valence-electron chi connectivity index (χ4n) is 2.49. The first-order valence-corrected chi connectivity index (χ1v) is 8.52. The van der Waals surface area contributed by atoms with Gasteiger partial charge in [0.05, 0.1) is 5.56 Å². The molecule has 0 spiro atoms. The van der Waals surface area contributed by atoms with Gasteiger partial charge in [0, 0.05) is 24.5 Å². The highest BCUT2D eigenvalue weighted by atomic mass is 32.2. The van der Waals surface area contributed by atoms with E-state index < -0.39 is 0 Å². The summed E-state index contributed by atoms with van der Waals surface area (Å²) in [5.41, 5.74) is 7.23. The molecule has 3 nitrogen and oxygen atoms in total. The normalized spacial score (nSPS) is 12.3. The molecule has 0 fully saturated rings. The molecule has 0 saturated heterocycles. The van der Waals surface area contributed by atoms with Gasteiger partial charge in [-0.05, 0) is 35.6 Å².